The maximum atomic E-state index is 12.0. The topological polar surface area (TPSA) is 63.6 Å². The zero-order valence-electron chi connectivity index (χ0n) is 16.4. The number of ether oxygens (including phenoxy) is 1. The minimum Gasteiger partial charge on any atom is -0.469 e. The summed E-state index contributed by atoms with van der Waals surface area (Å²) >= 11 is 4.66. The Morgan fingerprint density at radius 3 is 2.58 bits per heavy atom. The van der Waals surface area contributed by atoms with Crippen LogP contribution in [0.3, 0.4) is 0 Å². The smallest absolute Gasteiger partial charge is 0.305 e. The number of thiol groups is 1. The Bertz CT molecular complexity index is 449. The van der Waals surface area contributed by atoms with E-state index in [2.05, 4.69) is 36.4 Å². The summed E-state index contributed by atoms with van der Waals surface area (Å²) < 4.78 is 4.62. The molecule has 5 heteroatoms. The number of rotatable bonds is 13. The van der Waals surface area contributed by atoms with Crippen LogP contribution < -0.4 is 0 Å². The number of aliphatic hydroxyl groups excluding tert-OH is 1. The van der Waals surface area contributed by atoms with Gasteiger partial charge in [0.25, 0.3) is 0 Å². The van der Waals surface area contributed by atoms with Gasteiger partial charge < -0.3 is 9.84 Å². The first-order chi connectivity index (χ1) is 12.5. The molecule has 1 aliphatic carbocycles. The van der Waals surface area contributed by atoms with Gasteiger partial charge in [-0.3, -0.25) is 9.59 Å². The van der Waals surface area contributed by atoms with E-state index in [1.165, 1.54) is 7.11 Å². The summed E-state index contributed by atoms with van der Waals surface area (Å²) in [5, 5.41) is 10.5. The third-order valence-electron chi connectivity index (χ3n) is 5.39. The molecule has 1 unspecified atom stereocenters. The fraction of sp³-hybridized carbons (Fsp3) is 0.810. The highest BCUT2D eigenvalue weighted by molar-refractivity contribution is 7.81. The van der Waals surface area contributed by atoms with Gasteiger partial charge in [-0.2, -0.15) is 12.6 Å². The largest absolute Gasteiger partial charge is 0.469 e. The van der Waals surface area contributed by atoms with Gasteiger partial charge in [-0.1, -0.05) is 31.9 Å². The summed E-state index contributed by atoms with van der Waals surface area (Å²) in [6, 6.07) is 0. The van der Waals surface area contributed by atoms with E-state index >= 15 is 0 Å². The van der Waals surface area contributed by atoms with Gasteiger partial charge in [-0.05, 0) is 50.4 Å². The molecule has 0 heterocycles. The number of carbonyl (C=O) groups excluding carboxylic acids is 2. The second kappa shape index (κ2) is 13.4. The summed E-state index contributed by atoms with van der Waals surface area (Å²) in [5.74, 6) is 0.643. The highest BCUT2D eigenvalue weighted by Crippen LogP contribution is 2.41. The first kappa shape index (κ1) is 23.2. The van der Waals surface area contributed by atoms with Crippen molar-refractivity contribution >= 4 is 24.4 Å². The van der Waals surface area contributed by atoms with Crippen LogP contribution in [0.5, 0.6) is 0 Å². The fourth-order valence-corrected chi connectivity index (χ4v) is 4.35. The molecule has 1 N–H and O–H groups in total. The Morgan fingerprint density at radius 1 is 1.12 bits per heavy atom. The van der Waals surface area contributed by atoms with Crippen LogP contribution in [0.1, 0.15) is 77.6 Å². The number of ketones is 1. The Hall–Kier alpha value is -0.810. The van der Waals surface area contributed by atoms with E-state index in [4.69, 9.17) is 0 Å². The molecule has 4 nitrogen and oxygen atoms in total. The highest BCUT2D eigenvalue weighted by Gasteiger charge is 2.39. The van der Waals surface area contributed by atoms with E-state index in [0.29, 0.717) is 37.4 Å². The average Bonchev–Trinajstić information content (AvgIpc) is 2.89. The number of methoxy groups -OCH3 is 1. The van der Waals surface area contributed by atoms with Gasteiger partial charge in [-0.15, -0.1) is 0 Å². The molecule has 4 atom stereocenters. The van der Waals surface area contributed by atoms with Gasteiger partial charge in [0.2, 0.25) is 0 Å². The van der Waals surface area contributed by atoms with E-state index in [1.807, 2.05) is 0 Å². The lowest BCUT2D eigenvalue weighted by Gasteiger charge is -2.22. The number of carbonyl (C=O) groups is 2. The Morgan fingerprint density at radius 2 is 1.88 bits per heavy atom. The quantitative estimate of drug-likeness (QED) is 0.212. The van der Waals surface area contributed by atoms with Gasteiger partial charge >= 0.3 is 5.97 Å². The van der Waals surface area contributed by atoms with Crippen molar-refractivity contribution in [2.75, 3.05) is 7.11 Å². The molecule has 0 saturated heterocycles. The predicted molar refractivity (Wildman–Crippen MR) is 108 cm³/mol. The van der Waals surface area contributed by atoms with Gasteiger partial charge in [0.15, 0.2) is 0 Å². The maximum Gasteiger partial charge on any atom is 0.305 e. The summed E-state index contributed by atoms with van der Waals surface area (Å²) in [5.41, 5.74) is 0. The zero-order chi connectivity index (χ0) is 19.4. The maximum absolute atomic E-state index is 12.0. The monoisotopic (exact) mass is 384 g/mol. The summed E-state index contributed by atoms with van der Waals surface area (Å²) in [6.07, 6.45) is 12.8. The van der Waals surface area contributed by atoms with Crippen LogP contribution in [0.4, 0.5) is 0 Å². The average molecular weight is 385 g/mol. The molecule has 1 saturated carbocycles. The minimum atomic E-state index is -0.336. The molecule has 1 aliphatic rings. The third kappa shape index (κ3) is 8.72. The van der Waals surface area contributed by atoms with Crippen LogP contribution >= 0.6 is 12.6 Å². The van der Waals surface area contributed by atoms with Gasteiger partial charge in [0.1, 0.15) is 5.78 Å². The third-order valence-corrected chi connectivity index (χ3v) is 5.99. The van der Waals surface area contributed by atoms with Crippen LogP contribution in [-0.2, 0) is 14.3 Å². The minimum absolute atomic E-state index is 0.172. The molecule has 1 rings (SSSR count). The second-order valence-electron chi connectivity index (χ2n) is 7.41. The molecule has 150 valence electrons. The number of unbranched alkanes of at least 4 members (excludes halogenated alkanes) is 3. The first-order valence-electron chi connectivity index (χ1n) is 10.1. The van der Waals surface area contributed by atoms with Crippen molar-refractivity contribution < 1.29 is 19.4 Å². The highest BCUT2D eigenvalue weighted by atomic mass is 32.1. The molecule has 26 heavy (non-hydrogen) atoms. The molecule has 0 aromatic rings. The predicted octanol–water partition coefficient (Wildman–Crippen LogP) is 4.50. The van der Waals surface area contributed by atoms with E-state index < -0.39 is 0 Å². The van der Waals surface area contributed by atoms with Crippen molar-refractivity contribution in [1.82, 2.24) is 0 Å². The Labute approximate surface area is 164 Å². The van der Waals surface area contributed by atoms with E-state index in [1.54, 1.807) is 0 Å². The van der Waals surface area contributed by atoms with Crippen LogP contribution in [0, 0.1) is 11.8 Å². The molecule has 0 radical (unpaired) electrons. The van der Waals surface area contributed by atoms with Crippen LogP contribution in [0.25, 0.3) is 0 Å². The summed E-state index contributed by atoms with van der Waals surface area (Å²) in [7, 11) is 1.40. The summed E-state index contributed by atoms with van der Waals surface area (Å²) in [6.45, 7) is 2.14. The fourth-order valence-electron chi connectivity index (χ4n) is 3.77. The van der Waals surface area contributed by atoms with E-state index in [9.17, 15) is 14.7 Å². The Balaban J connectivity index is 2.36. The van der Waals surface area contributed by atoms with Crippen LogP contribution in [0.15, 0.2) is 12.2 Å². The standard InChI is InChI=1S/C21H36O4S/c1-3-4-7-10-16(22)13-14-18-17(19(23)15-20(18)26)11-8-5-6-9-12-21(24)25-2/h5,8,17-20,23,26H,3-4,6-7,9-15H2,1-2H3/b8-5-/t17?,18-,19+,20-/m1/s1. The molecule has 0 aliphatic heterocycles. The lowest BCUT2D eigenvalue weighted by molar-refractivity contribution is -0.140. The molecule has 0 aromatic carbocycles. The number of allylic oxidation sites excluding steroid dienone is 2. The van der Waals surface area contributed by atoms with E-state index in [0.717, 1.165) is 44.9 Å². The summed E-state index contributed by atoms with van der Waals surface area (Å²) in [4.78, 5) is 23.1. The molecular weight excluding hydrogens is 348 g/mol. The van der Waals surface area contributed by atoms with Crippen molar-refractivity contribution in [1.29, 1.82) is 0 Å². The van der Waals surface area contributed by atoms with Crippen molar-refractivity contribution in [3.8, 4) is 0 Å². The number of esters is 1. The van der Waals surface area contributed by atoms with Gasteiger partial charge in [0.05, 0.1) is 13.2 Å². The van der Waals surface area contributed by atoms with Crippen molar-refractivity contribution in [3.63, 3.8) is 0 Å². The number of hydrogen-bond acceptors (Lipinski definition) is 5. The molecular formula is C21H36O4S. The molecule has 0 amide bonds. The number of hydrogen-bond donors (Lipinski definition) is 2. The molecule has 0 spiro atoms. The van der Waals surface area contributed by atoms with Crippen molar-refractivity contribution in [2.24, 2.45) is 11.8 Å². The van der Waals surface area contributed by atoms with Gasteiger partial charge in [0, 0.05) is 24.5 Å². The zero-order valence-corrected chi connectivity index (χ0v) is 17.3. The SMILES string of the molecule is CCCCCC(=O)CC[C@@H]1C(C/C=C\CCCC(=O)OC)[C@@H](O)C[C@H]1S. The lowest BCUT2D eigenvalue weighted by atomic mass is 9.86. The van der Waals surface area contributed by atoms with Crippen LogP contribution in [0.2, 0.25) is 0 Å². The Kier molecular flexibility index (Phi) is 11.9. The lowest BCUT2D eigenvalue weighted by Crippen LogP contribution is -2.21. The normalized spacial score (nSPS) is 25.7. The first-order valence-corrected chi connectivity index (χ1v) is 10.6. The molecule has 0 bridgehead atoms. The van der Waals surface area contributed by atoms with Gasteiger partial charge in [-0.25, -0.2) is 0 Å². The van der Waals surface area contributed by atoms with E-state index in [-0.39, 0.29) is 23.2 Å². The number of Topliss-reactive ketones (excluding diaryl/α,β-unsaturated/α-hetero) is 1. The van der Waals surface area contributed by atoms with Crippen molar-refractivity contribution in [3.05, 3.63) is 12.2 Å². The number of aliphatic hydroxyl groups is 1. The second-order valence-corrected chi connectivity index (χ2v) is 8.07. The van der Waals surface area contributed by atoms with Crippen molar-refractivity contribution in [2.45, 2.75) is 88.9 Å². The molecule has 1 fully saturated rings. The molecule has 0 aromatic heterocycles. The van der Waals surface area contributed by atoms with Crippen LogP contribution in [-0.4, -0.2) is 35.3 Å².